The molecule has 0 aliphatic rings. The van der Waals surface area contributed by atoms with Crippen molar-refractivity contribution in [1.29, 1.82) is 0 Å². The van der Waals surface area contributed by atoms with Gasteiger partial charge in [0.25, 0.3) is 0 Å². The molecule has 0 saturated heterocycles. The van der Waals surface area contributed by atoms with E-state index in [2.05, 4.69) is 0 Å². The molecule has 0 aliphatic heterocycles. The first-order valence-corrected chi connectivity index (χ1v) is 5.67. The maximum absolute atomic E-state index is 12.7. The molecular formula is C13H12F3NO2. The molecule has 1 aromatic carbocycles. The number of aromatic nitrogens is 1. The van der Waals surface area contributed by atoms with E-state index in [1.807, 2.05) is 0 Å². The van der Waals surface area contributed by atoms with Gasteiger partial charge in [0.15, 0.2) is 0 Å². The van der Waals surface area contributed by atoms with Crippen molar-refractivity contribution in [3.05, 3.63) is 35.5 Å². The van der Waals surface area contributed by atoms with Crippen molar-refractivity contribution in [3.63, 3.8) is 0 Å². The molecule has 6 heteroatoms. The van der Waals surface area contributed by atoms with E-state index >= 15 is 0 Å². The summed E-state index contributed by atoms with van der Waals surface area (Å²) in [5, 5.41) is 9.59. The number of hydrogen-bond acceptors (Lipinski definition) is 1. The Bertz CT molecular complexity index is 641. The van der Waals surface area contributed by atoms with Crippen LogP contribution in [0.3, 0.4) is 0 Å². The number of alkyl halides is 3. The number of aromatic carboxylic acids is 1. The number of hydrogen-bond donors (Lipinski definition) is 1. The zero-order valence-corrected chi connectivity index (χ0v) is 10.3. The van der Waals surface area contributed by atoms with Crippen molar-refractivity contribution >= 4 is 16.9 Å². The van der Waals surface area contributed by atoms with Crippen LogP contribution in [0.5, 0.6) is 0 Å². The molecule has 0 saturated carbocycles. The van der Waals surface area contributed by atoms with Crippen LogP contribution in [0, 0.1) is 0 Å². The van der Waals surface area contributed by atoms with Crippen LogP contribution in [-0.2, 0) is 6.18 Å². The van der Waals surface area contributed by atoms with Crippen LogP contribution in [-0.4, -0.2) is 15.6 Å². The quantitative estimate of drug-likeness (QED) is 0.898. The van der Waals surface area contributed by atoms with Crippen molar-refractivity contribution in [1.82, 2.24) is 4.57 Å². The van der Waals surface area contributed by atoms with E-state index in [1.165, 1.54) is 16.7 Å². The Hall–Kier alpha value is -1.98. The minimum absolute atomic E-state index is 0.00988. The summed E-state index contributed by atoms with van der Waals surface area (Å²) in [5.74, 6) is -1.15. The Morgan fingerprint density at radius 1 is 1.26 bits per heavy atom. The van der Waals surface area contributed by atoms with Crippen molar-refractivity contribution < 1.29 is 23.1 Å². The molecule has 0 spiro atoms. The van der Waals surface area contributed by atoms with E-state index in [0.29, 0.717) is 5.39 Å². The number of carboxylic acid groups (broad SMARTS) is 1. The summed E-state index contributed by atoms with van der Waals surface area (Å²) in [7, 11) is 0. The zero-order chi connectivity index (χ0) is 14.4. The lowest BCUT2D eigenvalue weighted by Gasteiger charge is -2.13. The van der Waals surface area contributed by atoms with E-state index in [0.717, 1.165) is 12.1 Å². The van der Waals surface area contributed by atoms with Gasteiger partial charge in [-0.2, -0.15) is 13.2 Å². The van der Waals surface area contributed by atoms with E-state index in [-0.39, 0.29) is 17.3 Å². The predicted octanol–water partition coefficient (Wildman–Crippen LogP) is 3.94. The topological polar surface area (TPSA) is 42.2 Å². The summed E-state index contributed by atoms with van der Waals surface area (Å²) < 4.78 is 39.5. The summed E-state index contributed by atoms with van der Waals surface area (Å²) >= 11 is 0. The lowest BCUT2D eigenvalue weighted by atomic mass is 10.1. The van der Waals surface area contributed by atoms with E-state index in [1.54, 1.807) is 13.8 Å². The van der Waals surface area contributed by atoms with Crippen LogP contribution >= 0.6 is 0 Å². The molecule has 0 amide bonds. The predicted molar refractivity (Wildman–Crippen MR) is 64.3 cm³/mol. The van der Waals surface area contributed by atoms with Gasteiger partial charge in [-0.15, -0.1) is 0 Å². The molecule has 2 rings (SSSR count). The largest absolute Gasteiger partial charge is 0.477 e. The van der Waals surface area contributed by atoms with Gasteiger partial charge in [0, 0.05) is 16.9 Å². The number of carboxylic acids is 1. The first-order chi connectivity index (χ1) is 8.71. The van der Waals surface area contributed by atoms with Crippen LogP contribution < -0.4 is 0 Å². The summed E-state index contributed by atoms with van der Waals surface area (Å²) in [4.78, 5) is 11.1. The van der Waals surface area contributed by atoms with E-state index < -0.39 is 17.7 Å². The van der Waals surface area contributed by atoms with Gasteiger partial charge in [-0.25, -0.2) is 4.79 Å². The Morgan fingerprint density at radius 2 is 1.89 bits per heavy atom. The van der Waals surface area contributed by atoms with Crippen LogP contribution in [0.15, 0.2) is 24.3 Å². The Kier molecular flexibility index (Phi) is 3.04. The van der Waals surface area contributed by atoms with Gasteiger partial charge in [0.05, 0.1) is 5.56 Å². The average molecular weight is 271 g/mol. The standard InChI is InChI=1S/C13H12F3NO2/c1-7(2)17-10-6-9(13(14,15)16)4-3-8(10)5-11(17)12(18)19/h3-7H,1-2H3,(H,18,19). The number of carbonyl (C=O) groups is 1. The molecule has 1 N–H and O–H groups in total. The second kappa shape index (κ2) is 4.29. The fourth-order valence-corrected chi connectivity index (χ4v) is 2.12. The molecular weight excluding hydrogens is 259 g/mol. The Labute approximate surface area is 107 Å². The SMILES string of the molecule is CC(C)n1c(C(=O)O)cc2ccc(C(F)(F)F)cc21. The number of benzene rings is 1. The third-order valence-corrected chi connectivity index (χ3v) is 2.90. The molecule has 0 fully saturated rings. The van der Waals surface area contributed by atoms with Crippen LogP contribution in [0.4, 0.5) is 13.2 Å². The van der Waals surface area contributed by atoms with Gasteiger partial charge in [0.2, 0.25) is 0 Å². The highest BCUT2D eigenvalue weighted by Gasteiger charge is 2.31. The highest BCUT2D eigenvalue weighted by molar-refractivity contribution is 5.95. The molecule has 0 bridgehead atoms. The molecule has 2 aromatic rings. The number of halogens is 3. The maximum Gasteiger partial charge on any atom is 0.416 e. The molecule has 0 unspecified atom stereocenters. The third-order valence-electron chi connectivity index (χ3n) is 2.90. The average Bonchev–Trinajstić information content (AvgIpc) is 2.65. The number of rotatable bonds is 2. The number of nitrogens with zero attached hydrogens (tertiary/aromatic N) is 1. The second-order valence-corrected chi connectivity index (χ2v) is 4.57. The molecule has 19 heavy (non-hydrogen) atoms. The molecule has 1 heterocycles. The lowest BCUT2D eigenvalue weighted by Crippen LogP contribution is -2.11. The fraction of sp³-hybridized carbons (Fsp3) is 0.308. The molecule has 3 nitrogen and oxygen atoms in total. The zero-order valence-electron chi connectivity index (χ0n) is 10.3. The minimum atomic E-state index is -4.44. The minimum Gasteiger partial charge on any atom is -0.477 e. The van der Waals surface area contributed by atoms with Crippen LogP contribution in [0.2, 0.25) is 0 Å². The summed E-state index contributed by atoms with van der Waals surface area (Å²) in [6, 6.07) is 4.38. The van der Waals surface area contributed by atoms with Gasteiger partial charge in [-0.1, -0.05) is 6.07 Å². The summed E-state index contributed by atoms with van der Waals surface area (Å²) in [5.41, 5.74) is -0.511. The van der Waals surface area contributed by atoms with Crippen molar-refractivity contribution in [2.24, 2.45) is 0 Å². The van der Waals surface area contributed by atoms with Crippen molar-refractivity contribution in [3.8, 4) is 0 Å². The monoisotopic (exact) mass is 271 g/mol. The summed E-state index contributed by atoms with van der Waals surface area (Å²) in [6.07, 6.45) is -4.44. The maximum atomic E-state index is 12.7. The molecule has 0 atom stereocenters. The number of fused-ring (bicyclic) bond motifs is 1. The van der Waals surface area contributed by atoms with E-state index in [9.17, 15) is 18.0 Å². The fourth-order valence-electron chi connectivity index (χ4n) is 2.12. The van der Waals surface area contributed by atoms with Crippen molar-refractivity contribution in [2.45, 2.75) is 26.1 Å². The molecule has 102 valence electrons. The molecule has 0 radical (unpaired) electrons. The molecule has 0 aliphatic carbocycles. The normalized spacial score (nSPS) is 12.3. The van der Waals surface area contributed by atoms with Gasteiger partial charge in [-0.05, 0) is 32.0 Å². The van der Waals surface area contributed by atoms with Crippen LogP contribution in [0.1, 0.15) is 35.9 Å². The highest BCUT2D eigenvalue weighted by Crippen LogP contribution is 2.33. The first kappa shape index (κ1) is 13.5. The lowest BCUT2D eigenvalue weighted by molar-refractivity contribution is -0.137. The first-order valence-electron chi connectivity index (χ1n) is 5.67. The van der Waals surface area contributed by atoms with Crippen molar-refractivity contribution in [2.75, 3.05) is 0 Å². The van der Waals surface area contributed by atoms with E-state index in [4.69, 9.17) is 5.11 Å². The smallest absolute Gasteiger partial charge is 0.416 e. The second-order valence-electron chi connectivity index (χ2n) is 4.57. The van der Waals surface area contributed by atoms with Gasteiger partial charge < -0.3 is 9.67 Å². The molecule has 1 aromatic heterocycles. The van der Waals surface area contributed by atoms with Gasteiger partial charge in [0.1, 0.15) is 5.69 Å². The van der Waals surface area contributed by atoms with Gasteiger partial charge >= 0.3 is 12.1 Å². The highest BCUT2D eigenvalue weighted by atomic mass is 19.4. The third kappa shape index (κ3) is 2.30. The van der Waals surface area contributed by atoms with Crippen LogP contribution in [0.25, 0.3) is 10.9 Å². The Morgan fingerprint density at radius 3 is 2.37 bits per heavy atom. The van der Waals surface area contributed by atoms with Gasteiger partial charge in [-0.3, -0.25) is 0 Å². The summed E-state index contributed by atoms with van der Waals surface area (Å²) in [6.45, 7) is 3.46. The Balaban J connectivity index is 2.77.